The topological polar surface area (TPSA) is 180 Å². The Kier molecular flexibility index (Phi) is 13.0. The van der Waals surface area contributed by atoms with Gasteiger partial charge in [0.1, 0.15) is 23.2 Å². The molecule has 0 radical (unpaired) electrons. The number of halogens is 1. The van der Waals surface area contributed by atoms with Crippen LogP contribution in [0, 0.1) is 24.6 Å². The molecule has 1 atom stereocenters. The minimum absolute atomic E-state index is 0.0147. The fourth-order valence-corrected chi connectivity index (χ4v) is 6.76. The molecule has 1 saturated carbocycles. The highest BCUT2D eigenvalue weighted by atomic mass is 19.1. The number of aldehydes is 1. The van der Waals surface area contributed by atoms with Crippen molar-refractivity contribution in [2.75, 3.05) is 18.4 Å². The number of aromatic amines is 1. The number of benzene rings is 3. The maximum Gasteiger partial charge on any atom is 0.407 e. The summed E-state index contributed by atoms with van der Waals surface area (Å²) in [4.78, 5) is 51.6. The van der Waals surface area contributed by atoms with Gasteiger partial charge in [0.2, 0.25) is 11.7 Å². The number of anilines is 1. The average Bonchev–Trinajstić information content (AvgIpc) is 3.67. The molecule has 292 valence electrons. The van der Waals surface area contributed by atoms with Crippen molar-refractivity contribution in [3.8, 4) is 22.5 Å². The molecule has 1 fully saturated rings. The molecule has 3 aromatic carbocycles. The molecule has 13 nitrogen and oxygen atoms in total. The third kappa shape index (κ3) is 11.2. The molecule has 14 heteroatoms. The van der Waals surface area contributed by atoms with Crippen LogP contribution in [0.3, 0.4) is 0 Å². The van der Waals surface area contributed by atoms with Crippen LogP contribution >= 0.6 is 0 Å². The van der Waals surface area contributed by atoms with Gasteiger partial charge in [-0.15, -0.1) is 10.2 Å². The van der Waals surface area contributed by atoms with Gasteiger partial charge in [-0.25, -0.2) is 9.18 Å². The summed E-state index contributed by atoms with van der Waals surface area (Å²) in [5, 5.41) is 25.5. The molecule has 1 aliphatic rings. The molecule has 1 heterocycles. The number of H-pyrrole nitrogens is 1. The molecular weight excluding hydrogens is 703 g/mol. The molecule has 1 aromatic heterocycles. The third-order valence-electron chi connectivity index (χ3n) is 9.61. The molecule has 0 saturated heterocycles. The van der Waals surface area contributed by atoms with Crippen molar-refractivity contribution < 1.29 is 28.3 Å². The van der Waals surface area contributed by atoms with Gasteiger partial charge in [-0.1, -0.05) is 30.3 Å². The van der Waals surface area contributed by atoms with E-state index in [1.807, 2.05) is 77.9 Å². The summed E-state index contributed by atoms with van der Waals surface area (Å²) in [7, 11) is 0. The summed E-state index contributed by atoms with van der Waals surface area (Å²) in [6, 6.07) is 17.8. The largest absolute Gasteiger partial charge is 0.444 e. The number of aryl methyl sites for hydroxylation is 1. The van der Waals surface area contributed by atoms with Gasteiger partial charge in [0.15, 0.2) is 0 Å². The second-order valence-corrected chi connectivity index (χ2v) is 15.7. The Morgan fingerprint density at radius 3 is 2.29 bits per heavy atom. The van der Waals surface area contributed by atoms with Crippen molar-refractivity contribution in [3.05, 3.63) is 83.2 Å². The minimum atomic E-state index is -1.38. The number of tetrazole rings is 1. The molecule has 55 heavy (non-hydrogen) atoms. The molecule has 5 rings (SSSR count). The zero-order valence-electron chi connectivity index (χ0n) is 32.3. The molecule has 0 bridgehead atoms. The SMILES string of the molecule is Cc1cc(C(=O)NC(C)C)ccc1-c1ccc(CC(C=O)(CNc2ccc(-c3nn[nH]n3)c(F)c2)NC(=O)C2CCC(CNC(=O)OC(C)(C)C)CC2)cc1. The number of carbonyl (C=O) groups is 4. The molecule has 1 unspecified atom stereocenters. The molecule has 0 spiro atoms. The zero-order chi connectivity index (χ0) is 39.8. The second-order valence-electron chi connectivity index (χ2n) is 15.7. The van der Waals surface area contributed by atoms with E-state index in [0.717, 1.165) is 41.4 Å². The number of aromatic nitrogens is 4. The van der Waals surface area contributed by atoms with Crippen LogP contribution in [0.2, 0.25) is 0 Å². The van der Waals surface area contributed by atoms with Gasteiger partial charge in [-0.2, -0.15) is 5.21 Å². The number of nitrogens with one attached hydrogen (secondary N) is 5. The van der Waals surface area contributed by atoms with Crippen molar-refractivity contribution in [1.82, 2.24) is 36.6 Å². The number of amides is 3. The van der Waals surface area contributed by atoms with E-state index in [1.54, 1.807) is 12.1 Å². The Morgan fingerprint density at radius 1 is 0.982 bits per heavy atom. The Hall–Kier alpha value is -5.66. The number of carbonyl (C=O) groups excluding carboxylic acids is 4. The second kappa shape index (κ2) is 17.7. The van der Waals surface area contributed by atoms with E-state index >= 15 is 4.39 Å². The van der Waals surface area contributed by atoms with Crippen molar-refractivity contribution in [3.63, 3.8) is 0 Å². The van der Waals surface area contributed by atoms with E-state index in [2.05, 4.69) is 41.9 Å². The van der Waals surface area contributed by atoms with Crippen LogP contribution in [0.15, 0.2) is 60.7 Å². The van der Waals surface area contributed by atoms with Crippen LogP contribution in [0.5, 0.6) is 0 Å². The summed E-state index contributed by atoms with van der Waals surface area (Å²) in [6.45, 7) is 11.7. The van der Waals surface area contributed by atoms with E-state index in [9.17, 15) is 19.2 Å². The zero-order valence-corrected chi connectivity index (χ0v) is 32.3. The lowest BCUT2D eigenvalue weighted by molar-refractivity contribution is -0.130. The van der Waals surface area contributed by atoms with Crippen LogP contribution in [0.25, 0.3) is 22.5 Å². The van der Waals surface area contributed by atoms with Gasteiger partial charge >= 0.3 is 6.09 Å². The Morgan fingerprint density at radius 2 is 1.69 bits per heavy atom. The van der Waals surface area contributed by atoms with Crippen LogP contribution < -0.4 is 21.3 Å². The number of nitrogens with zero attached hydrogens (tertiary/aromatic N) is 3. The first-order chi connectivity index (χ1) is 26.1. The van der Waals surface area contributed by atoms with Crippen molar-refractivity contribution in [2.24, 2.45) is 11.8 Å². The molecule has 1 aliphatic carbocycles. The maximum atomic E-state index is 15.1. The van der Waals surface area contributed by atoms with Crippen molar-refractivity contribution in [2.45, 2.75) is 90.8 Å². The smallest absolute Gasteiger partial charge is 0.407 e. The monoisotopic (exact) mass is 754 g/mol. The van der Waals surface area contributed by atoms with Gasteiger partial charge in [0.25, 0.3) is 5.91 Å². The Bertz CT molecular complexity index is 1950. The fourth-order valence-electron chi connectivity index (χ4n) is 6.76. The number of hydrogen-bond acceptors (Lipinski definition) is 9. The quantitative estimate of drug-likeness (QED) is 0.0943. The highest BCUT2D eigenvalue weighted by molar-refractivity contribution is 5.95. The third-order valence-corrected chi connectivity index (χ3v) is 9.61. The fraction of sp³-hybridized carbons (Fsp3) is 0.439. The van der Waals surface area contributed by atoms with E-state index < -0.39 is 23.1 Å². The molecule has 5 N–H and O–H groups in total. The van der Waals surface area contributed by atoms with Crippen LogP contribution in [-0.4, -0.2) is 75.1 Å². The van der Waals surface area contributed by atoms with Gasteiger partial charge in [-0.3, -0.25) is 9.59 Å². The van der Waals surface area contributed by atoms with Gasteiger partial charge in [0.05, 0.1) is 5.56 Å². The van der Waals surface area contributed by atoms with Gasteiger partial charge < -0.3 is 30.8 Å². The summed E-state index contributed by atoms with van der Waals surface area (Å²) >= 11 is 0. The van der Waals surface area contributed by atoms with Gasteiger partial charge in [-0.05, 0) is 131 Å². The molecular formula is C41H51FN8O5. The summed E-state index contributed by atoms with van der Waals surface area (Å²) in [6.07, 6.45) is 3.12. The predicted octanol–water partition coefficient (Wildman–Crippen LogP) is 6.16. The first-order valence-corrected chi connectivity index (χ1v) is 18.7. The standard InChI is InChI=1S/C41H51FN8O5/c1-25(2)45-37(52)31-15-17-33(26(3)19-31)29-11-7-27(8-12-29)21-41(24-51,23-44-32-16-18-34(35(42)20-32)36-47-49-50-48-36)46-38(53)30-13-9-28(10-14-30)22-43-39(54)55-40(4,5)6/h7-8,11-12,15-20,24-25,28,30,44H,9-10,13-14,21-23H2,1-6H3,(H,43,54)(H,45,52)(H,46,53)(H,47,48,49,50). The maximum absolute atomic E-state index is 15.1. The summed E-state index contributed by atoms with van der Waals surface area (Å²) < 4.78 is 20.4. The van der Waals surface area contributed by atoms with Crippen molar-refractivity contribution in [1.29, 1.82) is 0 Å². The Balaban J connectivity index is 1.30. The predicted molar refractivity (Wildman–Crippen MR) is 208 cm³/mol. The summed E-state index contributed by atoms with van der Waals surface area (Å²) in [5.41, 5.74) is 2.83. The van der Waals surface area contributed by atoms with E-state index in [4.69, 9.17) is 4.74 Å². The number of hydrogen-bond donors (Lipinski definition) is 5. The van der Waals surface area contributed by atoms with Crippen LogP contribution in [-0.2, 0) is 20.7 Å². The van der Waals surface area contributed by atoms with Crippen LogP contribution in [0.4, 0.5) is 14.9 Å². The molecule has 0 aliphatic heterocycles. The number of alkyl carbamates (subject to hydrolysis) is 1. The Labute approximate surface area is 321 Å². The first kappa shape index (κ1) is 40.5. The molecule has 3 amide bonds. The van der Waals surface area contributed by atoms with E-state index in [1.165, 1.54) is 12.1 Å². The normalized spacial score (nSPS) is 16.8. The highest BCUT2D eigenvalue weighted by Gasteiger charge is 2.36. The highest BCUT2D eigenvalue weighted by Crippen LogP contribution is 2.31. The first-order valence-electron chi connectivity index (χ1n) is 18.7. The van der Waals surface area contributed by atoms with E-state index in [0.29, 0.717) is 30.6 Å². The lowest BCUT2D eigenvalue weighted by Crippen LogP contribution is -2.57. The van der Waals surface area contributed by atoms with Gasteiger partial charge in [0, 0.05) is 42.7 Å². The average molecular weight is 755 g/mol. The van der Waals surface area contributed by atoms with Crippen LogP contribution in [0.1, 0.15) is 81.8 Å². The lowest BCUT2D eigenvalue weighted by Gasteiger charge is -2.34. The minimum Gasteiger partial charge on any atom is -0.444 e. The number of rotatable bonds is 14. The summed E-state index contributed by atoms with van der Waals surface area (Å²) in [5.74, 6) is -0.950. The lowest BCUT2D eigenvalue weighted by atomic mass is 9.80. The van der Waals surface area contributed by atoms with Crippen molar-refractivity contribution >= 4 is 29.9 Å². The molecule has 4 aromatic rings. The number of ether oxygens (including phenoxy) is 1. The van der Waals surface area contributed by atoms with E-state index in [-0.39, 0.29) is 54.0 Å².